The first-order chi connectivity index (χ1) is 10.1. The lowest BCUT2D eigenvalue weighted by Gasteiger charge is -2.06. The molecule has 0 spiro atoms. The molecule has 0 atom stereocenters. The Morgan fingerprint density at radius 1 is 0.857 bits per heavy atom. The molecule has 2 nitrogen and oxygen atoms in total. The molecule has 0 radical (unpaired) electrons. The van der Waals surface area contributed by atoms with Crippen LogP contribution in [0.3, 0.4) is 0 Å². The van der Waals surface area contributed by atoms with Crippen molar-refractivity contribution in [2.24, 2.45) is 0 Å². The van der Waals surface area contributed by atoms with Crippen LogP contribution >= 0.6 is 11.6 Å². The van der Waals surface area contributed by atoms with Crippen LogP contribution in [0.2, 0.25) is 5.15 Å². The Hall–Kier alpha value is -2.33. The lowest BCUT2D eigenvalue weighted by Crippen LogP contribution is -1.95. The van der Waals surface area contributed by atoms with E-state index in [0.29, 0.717) is 5.82 Å². The molecule has 5 heteroatoms. The molecule has 0 saturated heterocycles. The van der Waals surface area contributed by atoms with Crippen molar-refractivity contribution in [3.8, 4) is 22.6 Å². The Labute approximate surface area is 125 Å². The van der Waals surface area contributed by atoms with E-state index in [0.717, 1.165) is 23.8 Å². The lowest BCUT2D eigenvalue weighted by atomic mass is 10.1. The molecule has 1 aromatic heterocycles. The first kappa shape index (κ1) is 13.6. The monoisotopic (exact) mass is 302 g/mol. The SMILES string of the molecule is Fc1ccc(F)c(-c2cc(Cl)nc(-c3ccccc3)n2)c1. The maximum atomic E-state index is 13.9. The Morgan fingerprint density at radius 2 is 1.62 bits per heavy atom. The summed E-state index contributed by atoms with van der Waals surface area (Å²) in [6.07, 6.45) is 0. The molecule has 0 fully saturated rings. The molecule has 0 aliphatic carbocycles. The fourth-order valence-corrected chi connectivity index (χ4v) is 2.15. The van der Waals surface area contributed by atoms with Gasteiger partial charge in [0.15, 0.2) is 5.82 Å². The van der Waals surface area contributed by atoms with Crippen molar-refractivity contribution in [2.75, 3.05) is 0 Å². The summed E-state index contributed by atoms with van der Waals surface area (Å²) in [5.41, 5.74) is 1.04. The smallest absolute Gasteiger partial charge is 0.161 e. The summed E-state index contributed by atoms with van der Waals surface area (Å²) in [5, 5.41) is 0.169. The third kappa shape index (κ3) is 2.90. The van der Waals surface area contributed by atoms with Crippen molar-refractivity contribution >= 4 is 11.6 Å². The largest absolute Gasteiger partial charge is 0.228 e. The minimum absolute atomic E-state index is 0.0523. The third-order valence-electron chi connectivity index (χ3n) is 2.93. The van der Waals surface area contributed by atoms with Gasteiger partial charge in [0.05, 0.1) is 5.69 Å². The summed E-state index contributed by atoms with van der Waals surface area (Å²) in [4.78, 5) is 8.39. The molecule has 1 heterocycles. The summed E-state index contributed by atoms with van der Waals surface area (Å²) in [6, 6.07) is 13.8. The second-order valence-corrected chi connectivity index (χ2v) is 4.78. The molecule has 0 aliphatic rings. The van der Waals surface area contributed by atoms with Crippen LogP contribution in [0.5, 0.6) is 0 Å². The first-order valence-corrected chi connectivity index (χ1v) is 6.57. The van der Waals surface area contributed by atoms with E-state index < -0.39 is 11.6 Å². The molecule has 0 N–H and O–H groups in total. The molecule has 0 saturated carbocycles. The van der Waals surface area contributed by atoms with Gasteiger partial charge in [-0.15, -0.1) is 0 Å². The average molecular weight is 303 g/mol. The molecule has 3 aromatic rings. The van der Waals surface area contributed by atoms with Gasteiger partial charge in [0.2, 0.25) is 0 Å². The van der Waals surface area contributed by atoms with Crippen molar-refractivity contribution in [1.82, 2.24) is 9.97 Å². The highest BCUT2D eigenvalue weighted by Gasteiger charge is 2.12. The number of hydrogen-bond acceptors (Lipinski definition) is 2. The van der Waals surface area contributed by atoms with Crippen molar-refractivity contribution in [2.45, 2.75) is 0 Å². The second kappa shape index (κ2) is 5.58. The van der Waals surface area contributed by atoms with Gasteiger partial charge in [0, 0.05) is 17.2 Å². The summed E-state index contributed by atoms with van der Waals surface area (Å²) < 4.78 is 27.2. The zero-order valence-electron chi connectivity index (χ0n) is 10.7. The molecular weight excluding hydrogens is 294 g/mol. The van der Waals surface area contributed by atoms with Gasteiger partial charge in [0.25, 0.3) is 0 Å². The van der Waals surface area contributed by atoms with Gasteiger partial charge in [0.1, 0.15) is 16.8 Å². The standard InChI is InChI=1S/C16H9ClF2N2/c17-15-9-14(12-8-11(18)6-7-13(12)19)20-16(21-15)10-4-2-1-3-5-10/h1-9H. The summed E-state index contributed by atoms with van der Waals surface area (Å²) >= 11 is 5.97. The van der Waals surface area contributed by atoms with Crippen LogP contribution in [-0.4, -0.2) is 9.97 Å². The summed E-state index contributed by atoms with van der Waals surface area (Å²) in [6.45, 7) is 0. The van der Waals surface area contributed by atoms with Gasteiger partial charge in [-0.1, -0.05) is 41.9 Å². The van der Waals surface area contributed by atoms with Gasteiger partial charge in [-0.2, -0.15) is 0 Å². The molecule has 0 amide bonds. The van der Waals surface area contributed by atoms with Crippen molar-refractivity contribution in [3.63, 3.8) is 0 Å². The zero-order valence-corrected chi connectivity index (χ0v) is 11.5. The topological polar surface area (TPSA) is 25.8 Å². The summed E-state index contributed by atoms with van der Waals surface area (Å²) in [7, 11) is 0. The van der Waals surface area contributed by atoms with E-state index >= 15 is 0 Å². The highest BCUT2D eigenvalue weighted by Crippen LogP contribution is 2.26. The maximum Gasteiger partial charge on any atom is 0.161 e. The number of rotatable bonds is 2. The Kier molecular flexibility index (Phi) is 3.62. The van der Waals surface area contributed by atoms with Crippen LogP contribution in [-0.2, 0) is 0 Å². The van der Waals surface area contributed by atoms with Crippen molar-refractivity contribution in [1.29, 1.82) is 0 Å². The van der Waals surface area contributed by atoms with E-state index in [2.05, 4.69) is 9.97 Å². The van der Waals surface area contributed by atoms with Crippen LogP contribution in [0.25, 0.3) is 22.6 Å². The maximum absolute atomic E-state index is 13.9. The average Bonchev–Trinajstić information content (AvgIpc) is 2.50. The Bertz CT molecular complexity index is 792. The molecule has 0 bridgehead atoms. The van der Waals surface area contributed by atoms with E-state index in [9.17, 15) is 8.78 Å². The summed E-state index contributed by atoms with van der Waals surface area (Å²) in [5.74, 6) is -0.741. The molecule has 21 heavy (non-hydrogen) atoms. The lowest BCUT2D eigenvalue weighted by molar-refractivity contribution is 0.602. The minimum atomic E-state index is -0.565. The predicted molar refractivity (Wildman–Crippen MR) is 77.8 cm³/mol. The second-order valence-electron chi connectivity index (χ2n) is 4.39. The molecule has 0 aliphatic heterocycles. The van der Waals surface area contributed by atoms with Crippen LogP contribution in [0.4, 0.5) is 8.78 Å². The number of halogens is 3. The van der Waals surface area contributed by atoms with Crippen molar-refractivity contribution < 1.29 is 8.78 Å². The zero-order chi connectivity index (χ0) is 14.8. The predicted octanol–water partition coefficient (Wildman–Crippen LogP) is 4.74. The number of aromatic nitrogens is 2. The molecule has 2 aromatic carbocycles. The highest BCUT2D eigenvalue weighted by atomic mass is 35.5. The van der Waals surface area contributed by atoms with Crippen LogP contribution < -0.4 is 0 Å². The number of nitrogens with zero attached hydrogens (tertiary/aromatic N) is 2. The van der Waals surface area contributed by atoms with E-state index in [1.807, 2.05) is 30.3 Å². The fraction of sp³-hybridized carbons (Fsp3) is 0. The van der Waals surface area contributed by atoms with E-state index in [-0.39, 0.29) is 16.4 Å². The number of hydrogen-bond donors (Lipinski definition) is 0. The van der Waals surface area contributed by atoms with Gasteiger partial charge in [-0.05, 0) is 18.2 Å². The first-order valence-electron chi connectivity index (χ1n) is 6.19. The fourth-order valence-electron chi connectivity index (χ4n) is 1.97. The molecule has 104 valence electrons. The minimum Gasteiger partial charge on any atom is -0.228 e. The van der Waals surface area contributed by atoms with Crippen LogP contribution in [0, 0.1) is 11.6 Å². The van der Waals surface area contributed by atoms with Crippen molar-refractivity contribution in [3.05, 3.63) is 71.4 Å². The van der Waals surface area contributed by atoms with E-state index in [4.69, 9.17) is 11.6 Å². The van der Waals surface area contributed by atoms with Gasteiger partial charge in [-0.25, -0.2) is 18.7 Å². The number of benzene rings is 2. The molecule has 0 unspecified atom stereocenters. The third-order valence-corrected chi connectivity index (χ3v) is 3.12. The quantitative estimate of drug-likeness (QED) is 0.639. The highest BCUT2D eigenvalue weighted by molar-refractivity contribution is 6.29. The molecular formula is C16H9ClF2N2. The van der Waals surface area contributed by atoms with Crippen LogP contribution in [0.1, 0.15) is 0 Å². The normalized spacial score (nSPS) is 10.6. The van der Waals surface area contributed by atoms with Gasteiger partial charge < -0.3 is 0 Å². The van der Waals surface area contributed by atoms with Gasteiger partial charge in [-0.3, -0.25) is 0 Å². The van der Waals surface area contributed by atoms with Gasteiger partial charge >= 0.3 is 0 Å². The Balaban J connectivity index is 2.16. The molecule has 3 rings (SSSR count). The Morgan fingerprint density at radius 3 is 2.38 bits per heavy atom. The van der Waals surface area contributed by atoms with Crippen LogP contribution in [0.15, 0.2) is 54.6 Å². The van der Waals surface area contributed by atoms with E-state index in [1.165, 1.54) is 6.07 Å². The van der Waals surface area contributed by atoms with E-state index in [1.54, 1.807) is 0 Å².